The second-order valence-electron chi connectivity index (χ2n) is 16.8. The van der Waals surface area contributed by atoms with Crippen LogP contribution in [0.4, 0.5) is 0 Å². The van der Waals surface area contributed by atoms with Crippen molar-refractivity contribution in [1.82, 2.24) is 0 Å². The fraction of sp³-hybridized carbons (Fsp3) is 0.941. The number of hydrogen-bond acceptors (Lipinski definition) is 7. The number of nitrogens with two attached hydrogens (primary N) is 1. The summed E-state index contributed by atoms with van der Waals surface area (Å²) in [7, 11) is 1.41. The van der Waals surface area contributed by atoms with Gasteiger partial charge in [-0.15, -0.1) is 0 Å². The van der Waals surface area contributed by atoms with Gasteiger partial charge in [-0.1, -0.05) is 80.6 Å². The number of carbonyl (C=O) groups excluding carboxylic acids is 2. The van der Waals surface area contributed by atoms with Crippen LogP contribution in [0.5, 0.6) is 0 Å². The van der Waals surface area contributed by atoms with E-state index in [-0.39, 0.29) is 30.6 Å². The molecule has 7 nitrogen and oxygen atoms in total. The predicted molar refractivity (Wildman–Crippen MR) is 171 cm³/mol. The summed E-state index contributed by atoms with van der Waals surface area (Å²) in [6, 6.07) is 0. The Bertz CT molecular complexity index is 901. The Morgan fingerprint density at radius 3 is 1.95 bits per heavy atom. The van der Waals surface area contributed by atoms with Crippen molar-refractivity contribution in [2.24, 2.45) is 32.8 Å². The standard InChI is InChI=1S/C34H64BNO6/c1-29(2,3)23-33(10,27(37)39-12)31(6,7)30(4,5)24-34(11,32(8,9)36)28(38)40-21-17-16-20-26-22-41-35(42-26)25-18-14-13-15-19-25/h25-26H,13-24,36H2,1-12H3. The molecular weight excluding hydrogens is 529 g/mol. The molecule has 0 aromatic rings. The zero-order valence-corrected chi connectivity index (χ0v) is 29.2. The third-order valence-electron chi connectivity index (χ3n) is 11.2. The van der Waals surface area contributed by atoms with Crippen molar-refractivity contribution in [2.45, 2.75) is 158 Å². The maximum atomic E-state index is 13.8. The molecule has 1 heterocycles. The minimum absolute atomic E-state index is 0.0438. The van der Waals surface area contributed by atoms with Crippen molar-refractivity contribution >= 4 is 19.1 Å². The number of hydrogen-bond donors (Lipinski definition) is 1. The first-order chi connectivity index (χ1) is 19.1. The first kappa shape index (κ1) is 37.1. The van der Waals surface area contributed by atoms with Gasteiger partial charge >= 0.3 is 19.1 Å². The third kappa shape index (κ3) is 8.53. The molecule has 0 aromatic carbocycles. The van der Waals surface area contributed by atoms with E-state index in [4.69, 9.17) is 24.5 Å². The zero-order chi connectivity index (χ0) is 32.2. The second kappa shape index (κ2) is 13.9. The van der Waals surface area contributed by atoms with E-state index in [1.54, 1.807) is 0 Å². The summed E-state index contributed by atoms with van der Waals surface area (Å²) < 4.78 is 23.5. The van der Waals surface area contributed by atoms with Crippen molar-refractivity contribution < 1.29 is 28.4 Å². The number of esters is 2. The van der Waals surface area contributed by atoms with Gasteiger partial charge in [0, 0.05) is 5.54 Å². The van der Waals surface area contributed by atoms with E-state index in [2.05, 4.69) is 48.5 Å². The highest BCUT2D eigenvalue weighted by atomic mass is 16.6. The average Bonchev–Trinajstić information content (AvgIpc) is 3.35. The van der Waals surface area contributed by atoms with E-state index in [1.165, 1.54) is 39.2 Å². The van der Waals surface area contributed by atoms with Crippen LogP contribution in [0, 0.1) is 27.1 Å². The second-order valence-corrected chi connectivity index (χ2v) is 16.8. The number of methoxy groups -OCH3 is 1. The lowest BCUT2D eigenvalue weighted by Crippen LogP contribution is -2.59. The van der Waals surface area contributed by atoms with E-state index >= 15 is 0 Å². The van der Waals surface area contributed by atoms with Gasteiger partial charge in [0.05, 0.1) is 37.3 Å². The first-order valence-electron chi connectivity index (χ1n) is 16.4. The molecule has 1 aliphatic carbocycles. The summed E-state index contributed by atoms with van der Waals surface area (Å²) in [5, 5.41) is 0. The molecule has 1 saturated carbocycles. The van der Waals surface area contributed by atoms with Gasteiger partial charge in [-0.3, -0.25) is 9.59 Å². The molecule has 2 fully saturated rings. The van der Waals surface area contributed by atoms with Crippen molar-refractivity contribution in [3.63, 3.8) is 0 Å². The normalized spacial score (nSPS) is 22.4. The monoisotopic (exact) mass is 593 g/mol. The van der Waals surface area contributed by atoms with E-state index in [1.807, 2.05) is 27.7 Å². The van der Waals surface area contributed by atoms with Crippen LogP contribution in [0.3, 0.4) is 0 Å². The summed E-state index contributed by atoms with van der Waals surface area (Å²) in [6.45, 7) is 23.7. The van der Waals surface area contributed by atoms with Gasteiger partial charge in [0.2, 0.25) is 0 Å². The molecule has 1 saturated heterocycles. The Morgan fingerprint density at radius 2 is 1.43 bits per heavy atom. The molecule has 2 rings (SSSR count). The quantitative estimate of drug-likeness (QED) is 0.125. The fourth-order valence-corrected chi connectivity index (χ4v) is 7.32. The van der Waals surface area contributed by atoms with Crippen LogP contribution < -0.4 is 5.73 Å². The van der Waals surface area contributed by atoms with Gasteiger partial charge < -0.3 is 24.5 Å². The molecule has 0 bridgehead atoms. The predicted octanol–water partition coefficient (Wildman–Crippen LogP) is 7.74. The molecule has 3 atom stereocenters. The molecule has 0 spiro atoms. The lowest BCUT2D eigenvalue weighted by molar-refractivity contribution is -0.177. The summed E-state index contributed by atoms with van der Waals surface area (Å²) >= 11 is 0. The maximum absolute atomic E-state index is 13.8. The van der Waals surface area contributed by atoms with Gasteiger partial charge in [-0.2, -0.15) is 0 Å². The number of rotatable bonds is 14. The van der Waals surface area contributed by atoms with Crippen LogP contribution in [0.2, 0.25) is 5.82 Å². The van der Waals surface area contributed by atoms with Crippen LogP contribution in [0.25, 0.3) is 0 Å². The van der Waals surface area contributed by atoms with E-state index in [0.717, 1.165) is 19.3 Å². The molecule has 0 aromatic heterocycles. The molecule has 8 heteroatoms. The Morgan fingerprint density at radius 1 is 0.833 bits per heavy atom. The van der Waals surface area contributed by atoms with Gasteiger partial charge in [-0.25, -0.2) is 0 Å². The molecule has 0 radical (unpaired) electrons. The van der Waals surface area contributed by atoms with E-state index in [0.29, 0.717) is 31.9 Å². The Kier molecular flexibility index (Phi) is 12.3. The van der Waals surface area contributed by atoms with Gasteiger partial charge in [0.1, 0.15) is 0 Å². The van der Waals surface area contributed by atoms with Crippen LogP contribution in [0.15, 0.2) is 0 Å². The fourth-order valence-electron chi connectivity index (χ4n) is 7.32. The molecule has 1 aliphatic heterocycles. The highest BCUT2D eigenvalue weighted by Crippen LogP contribution is 2.60. The number of unbranched alkanes of at least 4 members (excludes halogenated alkanes) is 1. The minimum Gasteiger partial charge on any atom is -0.469 e. The zero-order valence-electron chi connectivity index (χ0n) is 29.2. The smallest absolute Gasteiger partial charge is 0.460 e. The molecule has 0 amide bonds. The highest BCUT2D eigenvalue weighted by Gasteiger charge is 2.60. The lowest BCUT2D eigenvalue weighted by Gasteiger charge is -2.56. The molecule has 3 unspecified atom stereocenters. The Hall–Kier alpha value is -1.12. The molecule has 244 valence electrons. The van der Waals surface area contributed by atoms with Crippen LogP contribution >= 0.6 is 0 Å². The maximum Gasteiger partial charge on any atom is 0.460 e. The van der Waals surface area contributed by atoms with Gasteiger partial charge in [0.15, 0.2) is 0 Å². The molecule has 2 N–H and O–H groups in total. The summed E-state index contributed by atoms with van der Waals surface area (Å²) in [6.07, 6.45) is 10.1. The number of carbonyl (C=O) groups is 2. The number of ether oxygens (including phenoxy) is 2. The summed E-state index contributed by atoms with van der Waals surface area (Å²) in [5.41, 5.74) is 3.03. The van der Waals surface area contributed by atoms with Gasteiger partial charge in [0.25, 0.3) is 0 Å². The van der Waals surface area contributed by atoms with E-state index < -0.39 is 27.2 Å². The minimum atomic E-state index is -0.970. The third-order valence-corrected chi connectivity index (χ3v) is 11.2. The highest BCUT2D eigenvalue weighted by molar-refractivity contribution is 6.47. The molecule has 42 heavy (non-hydrogen) atoms. The topological polar surface area (TPSA) is 97.1 Å². The Balaban J connectivity index is 2.04. The molecule has 2 aliphatic rings. The van der Waals surface area contributed by atoms with Crippen LogP contribution in [-0.2, 0) is 28.4 Å². The van der Waals surface area contributed by atoms with E-state index in [9.17, 15) is 9.59 Å². The first-order valence-corrected chi connectivity index (χ1v) is 16.4. The summed E-state index contributed by atoms with van der Waals surface area (Å²) in [4.78, 5) is 27.1. The average molecular weight is 594 g/mol. The Labute approximate surface area is 258 Å². The lowest BCUT2D eigenvalue weighted by atomic mass is 9.47. The van der Waals surface area contributed by atoms with Crippen molar-refractivity contribution in [3.05, 3.63) is 0 Å². The van der Waals surface area contributed by atoms with Crippen molar-refractivity contribution in [1.29, 1.82) is 0 Å². The van der Waals surface area contributed by atoms with Crippen molar-refractivity contribution in [3.8, 4) is 0 Å². The van der Waals surface area contributed by atoms with Crippen LogP contribution in [-0.4, -0.2) is 51.0 Å². The van der Waals surface area contributed by atoms with Gasteiger partial charge in [-0.05, 0) is 81.9 Å². The largest absolute Gasteiger partial charge is 0.469 e. The summed E-state index contributed by atoms with van der Waals surface area (Å²) in [5.74, 6) is 0.0240. The van der Waals surface area contributed by atoms with Crippen LogP contribution in [0.1, 0.15) is 140 Å². The molecular formula is C34H64BNO6. The van der Waals surface area contributed by atoms with Crippen molar-refractivity contribution in [2.75, 3.05) is 20.3 Å². The SMILES string of the molecule is COC(=O)C(C)(CC(C)(C)C)C(C)(C)C(C)(C)CC(C)(C(=O)OCCCCC1COB(C2CCCCC2)O1)C(C)(C)N.